The Balaban J connectivity index is 2.02. The Morgan fingerprint density at radius 3 is 2.13 bits per heavy atom. The fourth-order valence-electron chi connectivity index (χ4n) is 6.87. The Morgan fingerprint density at radius 1 is 0.949 bits per heavy atom. The number of ether oxygens (including phenoxy) is 5. The molecule has 11 heteroatoms. The minimum atomic E-state index is -2.00. The predicted molar refractivity (Wildman–Crippen MR) is 132 cm³/mol. The van der Waals surface area contributed by atoms with E-state index in [2.05, 4.69) is 0 Å². The maximum absolute atomic E-state index is 14.2. The monoisotopic (exact) mass is 546 g/mol. The molecule has 3 fully saturated rings. The van der Waals surface area contributed by atoms with Crippen LogP contribution < -0.4 is 0 Å². The highest BCUT2D eigenvalue weighted by molar-refractivity contribution is 5.93. The zero-order valence-corrected chi connectivity index (χ0v) is 22.8. The van der Waals surface area contributed by atoms with Crippen LogP contribution in [0.25, 0.3) is 0 Å². The predicted octanol–water partition coefficient (Wildman–Crippen LogP) is 1.92. The smallest absolute Gasteiger partial charge is 0.338 e. The number of benzene rings is 1. The van der Waals surface area contributed by atoms with Gasteiger partial charge in [0.2, 0.25) is 0 Å². The number of hydrogen-bond acceptors (Lipinski definition) is 11. The highest BCUT2D eigenvalue weighted by Gasteiger charge is 2.87. The van der Waals surface area contributed by atoms with E-state index in [9.17, 15) is 29.1 Å². The number of carbonyl (C=O) groups excluding carboxylic acids is 5. The molecule has 1 aliphatic heterocycles. The van der Waals surface area contributed by atoms with Crippen LogP contribution in [0.1, 0.15) is 64.7 Å². The second kappa shape index (κ2) is 9.71. The lowest BCUT2D eigenvalue weighted by Crippen LogP contribution is -2.82. The molecule has 2 aliphatic carbocycles. The maximum atomic E-state index is 14.2. The van der Waals surface area contributed by atoms with E-state index in [0.717, 1.165) is 20.8 Å². The Morgan fingerprint density at radius 2 is 1.56 bits per heavy atom. The summed E-state index contributed by atoms with van der Waals surface area (Å²) < 4.78 is 29.5. The first kappa shape index (κ1) is 28.7. The lowest BCUT2D eigenvalue weighted by molar-refractivity contribution is -0.334. The van der Waals surface area contributed by atoms with Crippen molar-refractivity contribution in [2.24, 2.45) is 11.3 Å². The molecule has 2 saturated carbocycles. The van der Waals surface area contributed by atoms with Crippen LogP contribution in [-0.4, -0.2) is 76.5 Å². The van der Waals surface area contributed by atoms with Gasteiger partial charge in [-0.05, 0) is 45.7 Å². The van der Waals surface area contributed by atoms with Gasteiger partial charge in [0.25, 0.3) is 0 Å². The summed E-state index contributed by atoms with van der Waals surface area (Å²) in [4.78, 5) is 64.5. The van der Waals surface area contributed by atoms with Crippen molar-refractivity contribution in [2.45, 2.75) is 89.5 Å². The first-order chi connectivity index (χ1) is 18.1. The van der Waals surface area contributed by atoms with E-state index < -0.39 is 82.7 Å². The van der Waals surface area contributed by atoms with Gasteiger partial charge in [0.05, 0.1) is 22.7 Å². The van der Waals surface area contributed by atoms with E-state index in [1.165, 1.54) is 19.1 Å². The van der Waals surface area contributed by atoms with Gasteiger partial charge in [0.15, 0.2) is 17.5 Å². The van der Waals surface area contributed by atoms with Crippen LogP contribution in [-0.2, 0) is 42.9 Å². The highest BCUT2D eigenvalue weighted by Crippen LogP contribution is 2.68. The number of fused-ring (bicyclic) bond motifs is 1. The fraction of sp³-hybridized carbons (Fsp3) is 0.607. The number of ketones is 1. The van der Waals surface area contributed by atoms with Crippen molar-refractivity contribution in [3.8, 4) is 0 Å². The molecule has 0 aromatic heterocycles. The number of carbonyl (C=O) groups is 5. The Bertz CT molecular complexity index is 1190. The largest absolute Gasteiger partial charge is 0.465 e. The minimum Gasteiger partial charge on any atom is -0.465 e. The molecule has 3 aliphatic rings. The van der Waals surface area contributed by atoms with Crippen molar-refractivity contribution in [3.05, 3.63) is 35.9 Å². The van der Waals surface area contributed by atoms with E-state index >= 15 is 0 Å². The van der Waals surface area contributed by atoms with Crippen LogP contribution in [0.5, 0.6) is 0 Å². The molecule has 1 saturated heterocycles. The normalized spacial score (nSPS) is 36.3. The van der Waals surface area contributed by atoms with E-state index in [0.29, 0.717) is 0 Å². The van der Waals surface area contributed by atoms with E-state index in [1.807, 2.05) is 0 Å². The molecule has 2 bridgehead atoms. The van der Waals surface area contributed by atoms with Crippen molar-refractivity contribution in [3.63, 3.8) is 0 Å². The van der Waals surface area contributed by atoms with Crippen molar-refractivity contribution in [1.29, 1.82) is 0 Å². The van der Waals surface area contributed by atoms with Gasteiger partial charge in [0, 0.05) is 20.8 Å². The molecular weight excluding hydrogens is 512 g/mol. The highest BCUT2D eigenvalue weighted by atomic mass is 16.6. The van der Waals surface area contributed by atoms with Crippen molar-refractivity contribution >= 4 is 29.7 Å². The van der Waals surface area contributed by atoms with Gasteiger partial charge in [-0.3, -0.25) is 19.2 Å². The molecule has 1 N–H and O–H groups in total. The molecule has 1 aromatic rings. The molecule has 11 nitrogen and oxygen atoms in total. The quantitative estimate of drug-likeness (QED) is 0.411. The third-order valence-corrected chi connectivity index (χ3v) is 8.22. The SMILES string of the molecule is CC(=O)OC[C@@]12[C@@H](OC(=O)c3ccccc3)CC[C@@](C)(O)[C@@]13OC(C)(C)[C@@H](C(=O)[C@H]2OC(C)=O)[C@H]3OC(C)=O. The average Bonchev–Trinajstić information content (AvgIpc) is 3.04. The third-order valence-electron chi connectivity index (χ3n) is 8.22. The van der Waals surface area contributed by atoms with Crippen molar-refractivity contribution in [2.75, 3.05) is 6.61 Å². The molecule has 0 amide bonds. The fourth-order valence-corrected chi connectivity index (χ4v) is 6.87. The molecular formula is C28H34O11. The molecule has 0 radical (unpaired) electrons. The lowest BCUT2D eigenvalue weighted by atomic mass is 9.46. The zero-order chi connectivity index (χ0) is 29.0. The summed E-state index contributed by atoms with van der Waals surface area (Å²) >= 11 is 0. The summed E-state index contributed by atoms with van der Waals surface area (Å²) in [5.41, 5.74) is -6.93. The third kappa shape index (κ3) is 4.31. The molecule has 1 heterocycles. The zero-order valence-electron chi connectivity index (χ0n) is 22.8. The number of Topliss-reactive ketones (excluding diaryl/α,β-unsaturated/α-hetero) is 1. The van der Waals surface area contributed by atoms with Gasteiger partial charge < -0.3 is 28.8 Å². The van der Waals surface area contributed by atoms with Gasteiger partial charge in [-0.25, -0.2) is 4.79 Å². The summed E-state index contributed by atoms with van der Waals surface area (Å²) in [5.74, 6) is -4.89. The Labute approximate surface area is 226 Å². The lowest BCUT2D eigenvalue weighted by Gasteiger charge is -2.64. The summed E-state index contributed by atoms with van der Waals surface area (Å²) in [6, 6.07) is 8.10. The first-order valence-corrected chi connectivity index (χ1v) is 12.8. The standard InChI is InChI=1S/C28H34O11/c1-15(29)35-14-27-19(38-24(33)18-10-8-7-9-11-18)12-13-26(6,34)28(27)22(36-16(2)30)20(25(4,5)39-28)21(32)23(27)37-17(3)31/h7-11,19-20,22-23,34H,12-14H2,1-6H3/t19-,20-,22+,23+,26+,27-,28+/m0/s1. The summed E-state index contributed by atoms with van der Waals surface area (Å²) in [7, 11) is 0. The Hall–Kier alpha value is -3.31. The van der Waals surface area contributed by atoms with Crippen LogP contribution in [0, 0.1) is 11.3 Å². The topological polar surface area (TPSA) is 152 Å². The van der Waals surface area contributed by atoms with Crippen LogP contribution in [0.3, 0.4) is 0 Å². The van der Waals surface area contributed by atoms with Gasteiger partial charge in [-0.1, -0.05) is 18.2 Å². The molecule has 7 atom stereocenters. The van der Waals surface area contributed by atoms with E-state index in [-0.39, 0.29) is 18.4 Å². The van der Waals surface area contributed by atoms with E-state index in [1.54, 1.807) is 32.0 Å². The van der Waals surface area contributed by atoms with Crippen molar-refractivity contribution < 1.29 is 52.8 Å². The van der Waals surface area contributed by atoms with Gasteiger partial charge in [-0.15, -0.1) is 0 Å². The molecule has 1 aromatic carbocycles. The molecule has 39 heavy (non-hydrogen) atoms. The number of esters is 4. The molecule has 212 valence electrons. The second-order valence-electron chi connectivity index (χ2n) is 11.2. The molecule has 4 rings (SSSR count). The van der Waals surface area contributed by atoms with Gasteiger partial charge in [0.1, 0.15) is 24.2 Å². The van der Waals surface area contributed by atoms with Crippen LogP contribution in [0.15, 0.2) is 30.3 Å². The second-order valence-corrected chi connectivity index (χ2v) is 11.2. The number of rotatable bonds is 6. The summed E-state index contributed by atoms with van der Waals surface area (Å²) in [6.07, 6.45) is -4.35. The Kier molecular flexibility index (Phi) is 7.14. The maximum Gasteiger partial charge on any atom is 0.338 e. The van der Waals surface area contributed by atoms with Gasteiger partial charge >= 0.3 is 23.9 Å². The van der Waals surface area contributed by atoms with Crippen LogP contribution in [0.4, 0.5) is 0 Å². The number of hydrogen-bond donors (Lipinski definition) is 1. The van der Waals surface area contributed by atoms with Crippen LogP contribution in [0.2, 0.25) is 0 Å². The van der Waals surface area contributed by atoms with Crippen LogP contribution >= 0.6 is 0 Å². The average molecular weight is 547 g/mol. The van der Waals surface area contributed by atoms with E-state index in [4.69, 9.17) is 23.7 Å². The van der Waals surface area contributed by atoms with Gasteiger partial charge in [-0.2, -0.15) is 0 Å². The molecule has 1 spiro atoms. The molecule has 0 unspecified atom stereocenters. The summed E-state index contributed by atoms with van der Waals surface area (Å²) in [6.45, 7) is 7.43. The number of aliphatic hydroxyl groups is 1. The first-order valence-electron chi connectivity index (χ1n) is 12.8. The summed E-state index contributed by atoms with van der Waals surface area (Å²) in [5, 5.41) is 12.1. The minimum absolute atomic E-state index is 0.0108. The van der Waals surface area contributed by atoms with Crippen molar-refractivity contribution in [1.82, 2.24) is 0 Å².